The Bertz CT molecular complexity index is 422. The monoisotopic (exact) mass is 308 g/mol. The molecule has 0 aliphatic heterocycles. The number of hydrogen-bond donors (Lipinski definition) is 0. The van der Waals surface area contributed by atoms with Crippen LogP contribution in [0, 0.1) is 5.82 Å². The second-order valence-corrected chi connectivity index (χ2v) is 5.73. The smallest absolute Gasteiger partial charge is 0.158 e. The zero-order chi connectivity index (χ0) is 14.3. The summed E-state index contributed by atoms with van der Waals surface area (Å²) in [4.78, 5) is 0.512. The van der Waals surface area contributed by atoms with Crippen molar-refractivity contribution in [2.75, 3.05) is 19.0 Å². The van der Waals surface area contributed by atoms with Gasteiger partial charge in [-0.15, -0.1) is 0 Å². The molecule has 6 heteroatoms. The van der Waals surface area contributed by atoms with Gasteiger partial charge in [-0.1, -0.05) is 11.6 Å². The lowest BCUT2D eigenvalue weighted by Gasteiger charge is -2.16. The van der Waals surface area contributed by atoms with Gasteiger partial charge >= 0.3 is 0 Å². The standard InChI is InChI=1S/C13H18ClFO3S/c1-3-17-13(18-4-2)7-8-19(16)10-5-6-12(15)11(14)9-10/h5-6,9,13H,3-4,7-8H2,1-2H3. The van der Waals surface area contributed by atoms with Gasteiger partial charge in [0.15, 0.2) is 6.29 Å². The highest BCUT2D eigenvalue weighted by molar-refractivity contribution is 7.85. The minimum atomic E-state index is -1.24. The van der Waals surface area contributed by atoms with Gasteiger partial charge in [0.25, 0.3) is 0 Å². The zero-order valence-corrected chi connectivity index (χ0v) is 12.6. The fourth-order valence-electron chi connectivity index (χ4n) is 1.53. The van der Waals surface area contributed by atoms with Crippen molar-refractivity contribution in [3.63, 3.8) is 0 Å². The van der Waals surface area contributed by atoms with Crippen LogP contribution in [0.5, 0.6) is 0 Å². The Hall–Kier alpha value is -0.490. The molecule has 0 aromatic heterocycles. The van der Waals surface area contributed by atoms with E-state index < -0.39 is 16.6 Å². The molecule has 0 aliphatic rings. The van der Waals surface area contributed by atoms with E-state index >= 15 is 0 Å². The van der Waals surface area contributed by atoms with E-state index in [0.29, 0.717) is 30.3 Å². The van der Waals surface area contributed by atoms with Crippen LogP contribution >= 0.6 is 11.6 Å². The third-order valence-corrected chi connectivity index (χ3v) is 4.07. The Kier molecular flexibility index (Phi) is 7.53. The molecular formula is C13H18ClFO3S. The molecule has 0 bridgehead atoms. The number of rotatable bonds is 8. The Morgan fingerprint density at radius 1 is 1.32 bits per heavy atom. The van der Waals surface area contributed by atoms with Crippen LogP contribution in [0.25, 0.3) is 0 Å². The lowest BCUT2D eigenvalue weighted by atomic mass is 10.3. The van der Waals surface area contributed by atoms with Crippen molar-refractivity contribution in [2.45, 2.75) is 31.5 Å². The van der Waals surface area contributed by atoms with Crippen LogP contribution < -0.4 is 0 Å². The molecule has 1 rings (SSSR count). The lowest BCUT2D eigenvalue weighted by Crippen LogP contribution is -2.20. The molecule has 1 aromatic carbocycles. The molecule has 0 saturated carbocycles. The number of ether oxygens (including phenoxy) is 2. The summed E-state index contributed by atoms with van der Waals surface area (Å²) < 4.78 is 35.8. The van der Waals surface area contributed by atoms with Crippen LogP contribution in [-0.4, -0.2) is 29.5 Å². The highest BCUT2D eigenvalue weighted by Crippen LogP contribution is 2.19. The first-order chi connectivity index (χ1) is 9.08. The Labute approximate surface area is 120 Å². The van der Waals surface area contributed by atoms with E-state index in [1.807, 2.05) is 13.8 Å². The predicted octanol–water partition coefficient (Wildman–Crippen LogP) is 3.38. The SMILES string of the molecule is CCOC(CCS(=O)c1ccc(F)c(Cl)c1)OCC. The van der Waals surface area contributed by atoms with Crippen LogP contribution in [0.4, 0.5) is 4.39 Å². The zero-order valence-electron chi connectivity index (χ0n) is 11.0. The molecule has 108 valence electrons. The molecule has 0 aliphatic carbocycles. The van der Waals surface area contributed by atoms with Crippen molar-refractivity contribution in [1.29, 1.82) is 0 Å². The number of benzene rings is 1. The van der Waals surface area contributed by atoms with Crippen LogP contribution in [0.1, 0.15) is 20.3 Å². The normalized spacial score (nSPS) is 12.9. The van der Waals surface area contributed by atoms with Gasteiger partial charge in [-0.3, -0.25) is 4.21 Å². The molecule has 1 aromatic rings. The Balaban J connectivity index is 2.56. The van der Waals surface area contributed by atoms with Crippen molar-refractivity contribution in [1.82, 2.24) is 0 Å². The molecule has 0 saturated heterocycles. The van der Waals surface area contributed by atoms with Crippen molar-refractivity contribution >= 4 is 22.4 Å². The molecule has 19 heavy (non-hydrogen) atoms. The molecule has 0 amide bonds. The summed E-state index contributed by atoms with van der Waals surface area (Å²) in [6.07, 6.45) is 0.165. The highest BCUT2D eigenvalue weighted by atomic mass is 35.5. The summed E-state index contributed by atoms with van der Waals surface area (Å²) in [6.45, 7) is 4.84. The maximum atomic E-state index is 13.0. The van der Waals surface area contributed by atoms with E-state index in [4.69, 9.17) is 21.1 Å². The van der Waals surface area contributed by atoms with E-state index in [9.17, 15) is 8.60 Å². The molecule has 0 heterocycles. The Morgan fingerprint density at radius 3 is 2.47 bits per heavy atom. The van der Waals surface area contributed by atoms with Gasteiger partial charge in [-0.05, 0) is 32.0 Å². The van der Waals surface area contributed by atoms with Crippen molar-refractivity contribution in [3.05, 3.63) is 29.0 Å². The van der Waals surface area contributed by atoms with Gasteiger partial charge in [0.1, 0.15) is 5.82 Å². The van der Waals surface area contributed by atoms with Gasteiger partial charge < -0.3 is 9.47 Å². The molecule has 0 fully saturated rings. The van der Waals surface area contributed by atoms with Crippen LogP contribution in [0.15, 0.2) is 23.1 Å². The number of halogens is 2. The topological polar surface area (TPSA) is 35.5 Å². The molecular weight excluding hydrogens is 291 g/mol. The van der Waals surface area contributed by atoms with E-state index in [2.05, 4.69) is 0 Å². The summed E-state index contributed by atoms with van der Waals surface area (Å²) in [5.74, 6) is -0.129. The molecule has 0 radical (unpaired) electrons. The molecule has 1 atom stereocenters. The van der Waals surface area contributed by atoms with Crippen LogP contribution in [-0.2, 0) is 20.3 Å². The minimum absolute atomic E-state index is 0.0167. The first-order valence-corrected chi connectivity index (χ1v) is 7.84. The fourth-order valence-corrected chi connectivity index (χ4v) is 2.88. The summed E-state index contributed by atoms with van der Waals surface area (Å²) in [6, 6.07) is 4.09. The van der Waals surface area contributed by atoms with Gasteiger partial charge in [-0.25, -0.2) is 4.39 Å². The van der Waals surface area contributed by atoms with E-state index in [-0.39, 0.29) is 11.3 Å². The molecule has 0 N–H and O–H groups in total. The largest absolute Gasteiger partial charge is 0.353 e. The van der Waals surface area contributed by atoms with Crippen molar-refractivity contribution in [3.8, 4) is 0 Å². The molecule has 1 unspecified atom stereocenters. The summed E-state index contributed by atoms with van der Waals surface area (Å²) >= 11 is 5.66. The molecule has 3 nitrogen and oxygen atoms in total. The van der Waals surface area contributed by atoms with E-state index in [1.54, 1.807) is 0 Å². The van der Waals surface area contributed by atoms with Crippen LogP contribution in [0.3, 0.4) is 0 Å². The highest BCUT2D eigenvalue weighted by Gasteiger charge is 2.12. The second kappa shape index (κ2) is 8.64. The van der Waals surface area contributed by atoms with Gasteiger partial charge in [0.2, 0.25) is 0 Å². The number of hydrogen-bond acceptors (Lipinski definition) is 3. The van der Waals surface area contributed by atoms with Crippen molar-refractivity contribution < 1.29 is 18.1 Å². The third kappa shape index (κ3) is 5.57. The maximum Gasteiger partial charge on any atom is 0.158 e. The molecule has 0 spiro atoms. The summed E-state index contributed by atoms with van der Waals surface area (Å²) in [7, 11) is -1.24. The van der Waals surface area contributed by atoms with E-state index in [0.717, 1.165) is 0 Å². The fraction of sp³-hybridized carbons (Fsp3) is 0.538. The summed E-state index contributed by atoms with van der Waals surface area (Å²) in [5.41, 5.74) is 0. The average molecular weight is 309 g/mol. The second-order valence-electron chi connectivity index (χ2n) is 3.75. The van der Waals surface area contributed by atoms with E-state index in [1.165, 1.54) is 18.2 Å². The minimum Gasteiger partial charge on any atom is -0.353 e. The predicted molar refractivity (Wildman–Crippen MR) is 74.3 cm³/mol. The lowest BCUT2D eigenvalue weighted by molar-refractivity contribution is -0.136. The van der Waals surface area contributed by atoms with Gasteiger partial charge in [0, 0.05) is 30.3 Å². The summed E-state index contributed by atoms with van der Waals surface area (Å²) in [5, 5.41) is -0.0167. The maximum absolute atomic E-state index is 13.0. The van der Waals surface area contributed by atoms with Gasteiger partial charge in [0.05, 0.1) is 15.8 Å². The van der Waals surface area contributed by atoms with Crippen LogP contribution in [0.2, 0.25) is 5.02 Å². The first kappa shape index (κ1) is 16.6. The van der Waals surface area contributed by atoms with Gasteiger partial charge in [-0.2, -0.15) is 0 Å². The Morgan fingerprint density at radius 2 is 1.95 bits per heavy atom. The quantitative estimate of drug-likeness (QED) is 0.691. The third-order valence-electron chi connectivity index (χ3n) is 2.40. The average Bonchev–Trinajstić information content (AvgIpc) is 2.39. The van der Waals surface area contributed by atoms with Crippen molar-refractivity contribution in [2.24, 2.45) is 0 Å². The first-order valence-electron chi connectivity index (χ1n) is 6.15.